The summed E-state index contributed by atoms with van der Waals surface area (Å²) >= 11 is 0. The maximum Gasteiger partial charge on any atom is 0.0728 e. The molecule has 48 heavy (non-hydrogen) atoms. The van der Waals surface area contributed by atoms with Crippen molar-refractivity contribution in [2.45, 2.75) is 39.8 Å². The summed E-state index contributed by atoms with van der Waals surface area (Å²) in [5.74, 6) is 0. The number of dihydropyridines is 1. The highest BCUT2D eigenvalue weighted by molar-refractivity contribution is 5.95. The first-order valence-electron chi connectivity index (χ1n) is 16.5. The number of nitrogens with zero attached hydrogens (tertiary/aromatic N) is 2. The Kier molecular flexibility index (Phi) is 8.48. The number of aromatic nitrogens is 1. The molecule has 0 aliphatic carbocycles. The summed E-state index contributed by atoms with van der Waals surface area (Å²) in [6.45, 7) is 12.5. The fourth-order valence-electron chi connectivity index (χ4n) is 6.96. The number of nitrogens with one attached hydrogen (secondary N) is 2. The van der Waals surface area contributed by atoms with Gasteiger partial charge in [0.25, 0.3) is 0 Å². The number of pyridine rings is 1. The van der Waals surface area contributed by atoms with Crippen LogP contribution in [0.4, 0.5) is 5.69 Å². The van der Waals surface area contributed by atoms with Crippen molar-refractivity contribution in [1.29, 1.82) is 0 Å². The molecule has 0 saturated carbocycles. The molecule has 4 nitrogen and oxygen atoms in total. The van der Waals surface area contributed by atoms with Crippen molar-refractivity contribution < 1.29 is 0 Å². The first-order valence-corrected chi connectivity index (χ1v) is 16.5. The molecule has 0 radical (unpaired) electrons. The Bertz CT molecular complexity index is 2240. The number of rotatable bonds is 8. The molecule has 236 valence electrons. The van der Waals surface area contributed by atoms with Gasteiger partial charge in [0.05, 0.1) is 17.8 Å². The molecule has 0 bridgehead atoms. The highest BCUT2D eigenvalue weighted by Gasteiger charge is 2.19. The Morgan fingerprint density at radius 1 is 0.771 bits per heavy atom. The summed E-state index contributed by atoms with van der Waals surface area (Å²) in [5, 5.41) is 12.4. The third kappa shape index (κ3) is 6.43. The molecule has 0 amide bonds. The zero-order valence-electron chi connectivity index (χ0n) is 28.0. The Morgan fingerprint density at radius 3 is 2.15 bits per heavy atom. The number of fused-ring (bicyclic) bond motifs is 2. The van der Waals surface area contributed by atoms with Crippen LogP contribution in [0.5, 0.6) is 0 Å². The van der Waals surface area contributed by atoms with Crippen molar-refractivity contribution in [3.05, 3.63) is 173 Å². The summed E-state index contributed by atoms with van der Waals surface area (Å²) in [5.41, 5.74) is 11.9. The molecule has 1 aliphatic rings. The van der Waals surface area contributed by atoms with Crippen LogP contribution in [0.1, 0.15) is 54.0 Å². The van der Waals surface area contributed by atoms with E-state index in [1.54, 1.807) is 0 Å². The summed E-state index contributed by atoms with van der Waals surface area (Å²) < 4.78 is 0. The van der Waals surface area contributed by atoms with Gasteiger partial charge >= 0.3 is 0 Å². The maximum atomic E-state index is 4.71. The van der Waals surface area contributed by atoms with E-state index in [0.29, 0.717) is 0 Å². The van der Waals surface area contributed by atoms with Gasteiger partial charge in [0.15, 0.2) is 0 Å². The van der Waals surface area contributed by atoms with Gasteiger partial charge in [-0.05, 0) is 121 Å². The molecule has 2 atom stereocenters. The Balaban J connectivity index is 1.42. The van der Waals surface area contributed by atoms with Gasteiger partial charge in [-0.25, -0.2) is 0 Å². The lowest BCUT2D eigenvalue weighted by Crippen LogP contribution is -2.21. The number of allylic oxidation sites excluding steroid dienone is 3. The van der Waals surface area contributed by atoms with Gasteiger partial charge in [0.1, 0.15) is 0 Å². The minimum Gasteiger partial charge on any atom is -0.378 e. The summed E-state index contributed by atoms with van der Waals surface area (Å²) in [6.07, 6.45) is 6.69. The van der Waals surface area contributed by atoms with Crippen LogP contribution in [0.25, 0.3) is 38.4 Å². The third-order valence-corrected chi connectivity index (χ3v) is 9.04. The number of aliphatic imine (C=N–C) groups is 1. The largest absolute Gasteiger partial charge is 0.378 e. The molecule has 0 fully saturated rings. The van der Waals surface area contributed by atoms with Crippen LogP contribution in [0, 0.1) is 13.8 Å². The Hall–Kier alpha value is -5.74. The predicted molar refractivity (Wildman–Crippen MR) is 204 cm³/mol. The standard InChI is InChI=1S/C44H40N4/c1-28-20-29(2)47-43(21-28)37-25-35(34-22-30(3)46-31(4)23-34)24-36(26-37)42(45-5)27-44(40-18-10-14-32-12-6-8-16-38(32)40)48-41-19-11-15-33-13-7-9-17-39(33)41/h6-27,43-44,47-48H,5H2,1-4H3/b42-27-. The Labute approximate surface area is 283 Å². The first-order chi connectivity index (χ1) is 23.3. The number of aryl methyl sites for hydroxylation is 2. The molecule has 0 spiro atoms. The van der Waals surface area contributed by atoms with Gasteiger partial charge in [-0.2, -0.15) is 0 Å². The van der Waals surface area contributed by atoms with E-state index in [-0.39, 0.29) is 12.1 Å². The van der Waals surface area contributed by atoms with Crippen molar-refractivity contribution in [2.24, 2.45) is 4.99 Å². The molecule has 2 unspecified atom stereocenters. The molecule has 2 N–H and O–H groups in total. The lowest BCUT2D eigenvalue weighted by molar-refractivity contribution is 0.697. The second-order valence-corrected chi connectivity index (χ2v) is 12.8. The molecule has 2 heterocycles. The molecule has 7 rings (SSSR count). The van der Waals surface area contributed by atoms with Crippen LogP contribution in [0.3, 0.4) is 0 Å². The van der Waals surface area contributed by atoms with Crippen molar-refractivity contribution in [3.63, 3.8) is 0 Å². The first kappa shape index (κ1) is 30.9. The molecule has 1 aliphatic heterocycles. The van der Waals surface area contributed by atoms with E-state index in [0.717, 1.165) is 45.2 Å². The quantitative estimate of drug-likeness (QED) is 0.166. The number of anilines is 1. The number of benzene rings is 5. The molecular weight excluding hydrogens is 585 g/mol. The van der Waals surface area contributed by atoms with Gasteiger partial charge in [-0.1, -0.05) is 90.5 Å². The van der Waals surface area contributed by atoms with Gasteiger partial charge < -0.3 is 10.6 Å². The van der Waals surface area contributed by atoms with E-state index in [2.05, 4.69) is 184 Å². The van der Waals surface area contributed by atoms with Crippen molar-refractivity contribution in [2.75, 3.05) is 5.32 Å². The second-order valence-electron chi connectivity index (χ2n) is 12.8. The highest BCUT2D eigenvalue weighted by Crippen LogP contribution is 2.36. The molecule has 5 aromatic carbocycles. The summed E-state index contributed by atoms with van der Waals surface area (Å²) in [4.78, 5) is 9.35. The fraction of sp³-hybridized carbons (Fsp3) is 0.136. The average Bonchev–Trinajstić information content (AvgIpc) is 3.09. The van der Waals surface area contributed by atoms with Crippen LogP contribution in [-0.2, 0) is 0 Å². The third-order valence-electron chi connectivity index (χ3n) is 9.04. The monoisotopic (exact) mass is 624 g/mol. The van der Waals surface area contributed by atoms with Gasteiger partial charge in [-0.3, -0.25) is 9.98 Å². The topological polar surface area (TPSA) is 49.3 Å². The van der Waals surface area contributed by atoms with Gasteiger partial charge in [0.2, 0.25) is 0 Å². The van der Waals surface area contributed by atoms with Gasteiger partial charge in [-0.15, -0.1) is 0 Å². The van der Waals surface area contributed by atoms with Crippen LogP contribution in [-0.4, -0.2) is 11.7 Å². The predicted octanol–water partition coefficient (Wildman–Crippen LogP) is 11.1. The van der Waals surface area contributed by atoms with E-state index >= 15 is 0 Å². The van der Waals surface area contributed by atoms with Crippen molar-refractivity contribution in [3.8, 4) is 11.1 Å². The SMILES string of the molecule is C=N/C(=C\C(Nc1cccc2ccccc12)c1cccc2ccccc12)c1cc(-c2cc(C)nc(C)c2)cc(C2C=C(C)C=C(C)N2)c1. The van der Waals surface area contributed by atoms with Crippen LogP contribution < -0.4 is 10.6 Å². The minimum absolute atomic E-state index is 0.0338. The second kappa shape index (κ2) is 13.2. The zero-order valence-corrected chi connectivity index (χ0v) is 28.0. The van der Waals surface area contributed by atoms with Gasteiger partial charge in [0, 0.05) is 33.7 Å². The van der Waals surface area contributed by atoms with E-state index < -0.39 is 0 Å². The van der Waals surface area contributed by atoms with Crippen LogP contribution in [0.2, 0.25) is 0 Å². The van der Waals surface area contributed by atoms with Crippen LogP contribution >= 0.6 is 0 Å². The van der Waals surface area contributed by atoms with E-state index in [1.807, 2.05) is 0 Å². The molecule has 4 heteroatoms. The number of hydrogen-bond donors (Lipinski definition) is 2. The Morgan fingerprint density at radius 2 is 1.42 bits per heavy atom. The minimum atomic E-state index is -0.194. The maximum absolute atomic E-state index is 4.71. The van der Waals surface area contributed by atoms with E-state index in [4.69, 9.17) is 4.99 Å². The molecule has 0 saturated heterocycles. The van der Waals surface area contributed by atoms with E-state index in [1.165, 1.54) is 38.2 Å². The zero-order chi connectivity index (χ0) is 33.2. The van der Waals surface area contributed by atoms with E-state index in [9.17, 15) is 0 Å². The smallest absolute Gasteiger partial charge is 0.0728 e. The lowest BCUT2D eigenvalue weighted by atomic mass is 9.92. The lowest BCUT2D eigenvalue weighted by Gasteiger charge is -2.24. The van der Waals surface area contributed by atoms with Crippen molar-refractivity contribution >= 4 is 39.6 Å². The summed E-state index contributed by atoms with van der Waals surface area (Å²) in [7, 11) is 0. The van der Waals surface area contributed by atoms with Crippen molar-refractivity contribution in [1.82, 2.24) is 10.3 Å². The fourth-order valence-corrected chi connectivity index (χ4v) is 6.96. The summed E-state index contributed by atoms with van der Waals surface area (Å²) in [6, 6.07) is 40.9. The number of hydrogen-bond acceptors (Lipinski definition) is 4. The molecular formula is C44H40N4. The molecule has 6 aromatic rings. The molecule has 1 aromatic heterocycles. The van der Waals surface area contributed by atoms with Crippen LogP contribution in [0.15, 0.2) is 150 Å². The highest BCUT2D eigenvalue weighted by atomic mass is 14.9. The normalized spacial score (nSPS) is 15.4. The average molecular weight is 625 g/mol.